The molecule has 1 aliphatic heterocycles. The molecule has 3 aromatic heterocycles. The van der Waals surface area contributed by atoms with Gasteiger partial charge >= 0.3 is 5.97 Å². The van der Waals surface area contributed by atoms with E-state index in [9.17, 15) is 19.5 Å². The fourth-order valence-electron chi connectivity index (χ4n) is 3.68. The fraction of sp³-hybridized carbons (Fsp3) is 0.400. The average Bonchev–Trinajstić information content (AvgIpc) is 3.21. The van der Waals surface area contributed by atoms with Gasteiger partial charge in [0.1, 0.15) is 23.5 Å². The molecule has 31 heavy (non-hydrogen) atoms. The van der Waals surface area contributed by atoms with Crippen molar-refractivity contribution in [2.45, 2.75) is 19.8 Å². The first-order chi connectivity index (χ1) is 14.9. The maximum absolute atomic E-state index is 12.8. The summed E-state index contributed by atoms with van der Waals surface area (Å²) in [7, 11) is 1.62. The lowest BCUT2D eigenvalue weighted by atomic mass is 9.92. The molecule has 4 heterocycles. The maximum Gasteiger partial charge on any atom is 0.341 e. The number of aryl methyl sites for hydroxylation is 1. The number of carboxylic acids is 1. The number of pyridine rings is 2. The second kappa shape index (κ2) is 8.52. The Morgan fingerprint density at radius 1 is 1.35 bits per heavy atom. The summed E-state index contributed by atoms with van der Waals surface area (Å²) in [5.74, 6) is -0.519. The molecule has 1 aliphatic rings. The number of fused-ring (bicyclic) bond motifs is 1. The molecule has 1 N–H and O–H groups in total. The first-order valence-corrected chi connectivity index (χ1v) is 10.5. The van der Waals surface area contributed by atoms with E-state index in [4.69, 9.17) is 4.74 Å². The van der Waals surface area contributed by atoms with Gasteiger partial charge in [-0.1, -0.05) is 0 Å². The summed E-state index contributed by atoms with van der Waals surface area (Å²) in [4.78, 5) is 47.5. The van der Waals surface area contributed by atoms with Gasteiger partial charge in [0.25, 0.3) is 0 Å². The highest BCUT2D eigenvalue weighted by Gasteiger charge is 2.33. The number of hydrogen-bond acceptors (Lipinski definition) is 9. The minimum Gasteiger partial charge on any atom is -0.477 e. The molecular weight excluding hydrogens is 422 g/mol. The number of nitrogens with zero attached hydrogens (tertiary/aromatic N) is 5. The molecule has 0 saturated carbocycles. The highest BCUT2D eigenvalue weighted by molar-refractivity contribution is 7.08. The van der Waals surface area contributed by atoms with Crippen molar-refractivity contribution in [1.82, 2.24) is 18.9 Å². The number of methoxy groups -OCH3 is 1. The molecule has 0 atom stereocenters. The number of ketones is 1. The predicted octanol–water partition coefficient (Wildman–Crippen LogP) is 1.68. The Morgan fingerprint density at radius 3 is 2.77 bits per heavy atom. The van der Waals surface area contributed by atoms with Crippen molar-refractivity contribution < 1.29 is 19.4 Å². The van der Waals surface area contributed by atoms with Gasteiger partial charge in [-0.15, -0.1) is 0 Å². The third kappa shape index (κ3) is 3.93. The smallest absolute Gasteiger partial charge is 0.341 e. The van der Waals surface area contributed by atoms with Crippen LogP contribution < -0.4 is 10.3 Å². The van der Waals surface area contributed by atoms with Crippen LogP contribution >= 0.6 is 11.5 Å². The molecule has 10 nitrogen and oxygen atoms in total. The van der Waals surface area contributed by atoms with Gasteiger partial charge in [0.2, 0.25) is 10.6 Å². The van der Waals surface area contributed by atoms with Crippen molar-refractivity contribution in [3.8, 4) is 5.13 Å². The highest BCUT2D eigenvalue weighted by atomic mass is 32.1. The van der Waals surface area contributed by atoms with E-state index in [1.807, 2.05) is 4.90 Å². The van der Waals surface area contributed by atoms with Crippen molar-refractivity contribution in [2.75, 3.05) is 31.7 Å². The topological polar surface area (TPSA) is 128 Å². The number of anilines is 1. The predicted molar refractivity (Wildman–Crippen MR) is 114 cm³/mol. The number of rotatable bonds is 8. The van der Waals surface area contributed by atoms with Gasteiger partial charge in [-0.2, -0.15) is 4.37 Å². The summed E-state index contributed by atoms with van der Waals surface area (Å²) in [6.07, 6.45) is 3.79. The molecule has 0 aromatic carbocycles. The van der Waals surface area contributed by atoms with Gasteiger partial charge in [-0.3, -0.25) is 14.2 Å². The van der Waals surface area contributed by atoms with E-state index in [2.05, 4.69) is 14.3 Å². The standard InChI is InChI=1S/C20H21N5O5S/c1-11-6-15(24-7-12(8-24)14(26)4-3-5-30-2)23-18-16(11)17(27)13(19(28)29)9-25(18)20-21-10-22-31-20/h6,9-10,12H,3-5,7-8H2,1-2H3,(H,28,29). The number of carbonyl (C=O) groups excluding carboxylic acids is 1. The molecule has 1 saturated heterocycles. The number of aromatic carboxylic acids is 1. The van der Waals surface area contributed by atoms with Gasteiger partial charge in [0.05, 0.1) is 11.3 Å². The molecule has 0 spiro atoms. The zero-order valence-corrected chi connectivity index (χ0v) is 17.9. The van der Waals surface area contributed by atoms with Gasteiger partial charge < -0.3 is 14.7 Å². The first-order valence-electron chi connectivity index (χ1n) is 9.74. The zero-order chi connectivity index (χ0) is 22.1. The third-order valence-corrected chi connectivity index (χ3v) is 6.03. The van der Waals surface area contributed by atoms with E-state index in [-0.39, 0.29) is 22.7 Å². The summed E-state index contributed by atoms with van der Waals surface area (Å²) < 4.78 is 10.5. The molecule has 4 rings (SSSR count). The minimum atomic E-state index is -1.31. The number of carboxylic acid groups (broad SMARTS) is 1. The maximum atomic E-state index is 12.8. The van der Waals surface area contributed by atoms with Crippen LogP contribution in [0.4, 0.5) is 5.82 Å². The van der Waals surface area contributed by atoms with Gasteiger partial charge in [-0.25, -0.2) is 14.8 Å². The van der Waals surface area contributed by atoms with Crippen molar-refractivity contribution in [2.24, 2.45) is 5.92 Å². The van der Waals surface area contributed by atoms with E-state index in [1.165, 1.54) is 17.1 Å². The molecule has 0 aliphatic carbocycles. The lowest BCUT2D eigenvalue weighted by molar-refractivity contribution is -0.123. The first kappa shape index (κ1) is 21.1. The minimum absolute atomic E-state index is 0.0469. The molecule has 162 valence electrons. The number of ether oxygens (including phenoxy) is 1. The van der Waals surface area contributed by atoms with Crippen LogP contribution in [0.1, 0.15) is 28.8 Å². The lowest BCUT2D eigenvalue weighted by Crippen LogP contribution is -2.51. The van der Waals surface area contributed by atoms with E-state index < -0.39 is 11.4 Å². The summed E-state index contributed by atoms with van der Waals surface area (Å²) in [6.45, 7) is 3.42. The van der Waals surface area contributed by atoms with Crippen molar-refractivity contribution >= 4 is 40.1 Å². The quantitative estimate of drug-likeness (QED) is 0.517. The van der Waals surface area contributed by atoms with Crippen LogP contribution in [0, 0.1) is 12.8 Å². The fourth-order valence-corrected chi connectivity index (χ4v) is 4.19. The van der Waals surface area contributed by atoms with Crippen LogP contribution in [0.5, 0.6) is 0 Å². The monoisotopic (exact) mass is 443 g/mol. The van der Waals surface area contributed by atoms with Crippen molar-refractivity contribution in [3.63, 3.8) is 0 Å². The van der Waals surface area contributed by atoms with E-state index in [0.717, 1.165) is 11.5 Å². The Morgan fingerprint density at radius 2 is 2.13 bits per heavy atom. The van der Waals surface area contributed by atoms with Crippen LogP contribution in [0.3, 0.4) is 0 Å². The molecule has 0 amide bonds. The molecule has 0 unspecified atom stereocenters. The third-order valence-electron chi connectivity index (χ3n) is 5.36. The van der Waals surface area contributed by atoms with E-state index in [1.54, 1.807) is 20.1 Å². The van der Waals surface area contributed by atoms with Crippen LogP contribution in [-0.4, -0.2) is 62.6 Å². The van der Waals surface area contributed by atoms with Crippen LogP contribution in [0.15, 0.2) is 23.4 Å². The van der Waals surface area contributed by atoms with Gasteiger partial charge in [0.15, 0.2) is 5.65 Å². The molecular formula is C20H21N5O5S. The Balaban J connectivity index is 1.70. The Kier molecular flexibility index (Phi) is 5.79. The SMILES string of the molecule is COCCCC(=O)C1CN(c2cc(C)c3c(=O)c(C(=O)O)cn(-c4ncns4)c3n2)C1. The summed E-state index contributed by atoms with van der Waals surface area (Å²) in [5, 5.41) is 10.1. The van der Waals surface area contributed by atoms with Gasteiger partial charge in [-0.05, 0) is 25.0 Å². The Labute approximate surface area is 181 Å². The average molecular weight is 443 g/mol. The molecule has 3 aromatic rings. The largest absolute Gasteiger partial charge is 0.477 e. The molecule has 1 fully saturated rings. The molecule has 11 heteroatoms. The number of Topliss-reactive ketones (excluding diaryl/α,β-unsaturated/α-hetero) is 1. The van der Waals surface area contributed by atoms with E-state index >= 15 is 0 Å². The number of hydrogen-bond donors (Lipinski definition) is 1. The summed E-state index contributed by atoms with van der Waals surface area (Å²) in [5.41, 5.74) is -0.0153. The summed E-state index contributed by atoms with van der Waals surface area (Å²) >= 11 is 1.07. The van der Waals surface area contributed by atoms with Crippen LogP contribution in [0.2, 0.25) is 0 Å². The molecule has 0 bridgehead atoms. The lowest BCUT2D eigenvalue weighted by Gasteiger charge is -2.39. The Bertz CT molecular complexity index is 1200. The second-order valence-corrected chi connectivity index (χ2v) is 8.19. The number of aromatic nitrogens is 4. The molecule has 0 radical (unpaired) electrons. The normalized spacial score (nSPS) is 14.1. The van der Waals surface area contributed by atoms with E-state index in [0.29, 0.717) is 54.7 Å². The van der Waals surface area contributed by atoms with Crippen LogP contribution in [0.25, 0.3) is 16.2 Å². The van der Waals surface area contributed by atoms with Crippen molar-refractivity contribution in [3.05, 3.63) is 39.9 Å². The van der Waals surface area contributed by atoms with Crippen molar-refractivity contribution in [1.29, 1.82) is 0 Å². The van der Waals surface area contributed by atoms with Gasteiger partial charge in [0, 0.05) is 51.0 Å². The second-order valence-electron chi connectivity index (χ2n) is 7.43. The Hall–Kier alpha value is -3.18. The summed E-state index contributed by atoms with van der Waals surface area (Å²) in [6, 6.07) is 1.76. The number of carbonyl (C=O) groups is 2. The zero-order valence-electron chi connectivity index (χ0n) is 17.1. The van der Waals surface area contributed by atoms with Crippen LogP contribution in [-0.2, 0) is 9.53 Å². The highest BCUT2D eigenvalue weighted by Crippen LogP contribution is 2.29.